The summed E-state index contributed by atoms with van der Waals surface area (Å²) >= 11 is 5.24. The molecule has 150 valence electrons. The van der Waals surface area contributed by atoms with Crippen LogP contribution in [0.4, 0.5) is 0 Å². The third-order valence-corrected chi connectivity index (χ3v) is 5.39. The molecule has 1 saturated carbocycles. The fraction of sp³-hybridized carbons (Fsp3) is 0.476. The number of hydrogen-bond acceptors (Lipinski definition) is 4. The van der Waals surface area contributed by atoms with Crippen molar-refractivity contribution in [3.05, 3.63) is 51.5 Å². The lowest BCUT2D eigenvalue weighted by atomic mass is 9.98. The summed E-state index contributed by atoms with van der Waals surface area (Å²) in [5.74, 6) is -0.172. The van der Waals surface area contributed by atoms with E-state index in [0.29, 0.717) is 47.0 Å². The van der Waals surface area contributed by atoms with Crippen molar-refractivity contribution in [2.24, 2.45) is 0 Å². The van der Waals surface area contributed by atoms with Crippen LogP contribution < -0.4 is 10.9 Å². The maximum absolute atomic E-state index is 12.5. The van der Waals surface area contributed by atoms with E-state index in [2.05, 4.69) is 16.9 Å². The number of aromatic nitrogens is 2. The number of rotatable bonds is 8. The van der Waals surface area contributed by atoms with Gasteiger partial charge in [0.2, 0.25) is 0 Å². The van der Waals surface area contributed by atoms with Crippen LogP contribution in [0.1, 0.15) is 48.9 Å². The molecule has 0 radical (unpaired) electrons. The first-order chi connectivity index (χ1) is 13.6. The fourth-order valence-electron chi connectivity index (χ4n) is 3.55. The Morgan fingerprint density at radius 2 is 2.14 bits per heavy atom. The summed E-state index contributed by atoms with van der Waals surface area (Å²) in [6.07, 6.45) is 8.92. The second kappa shape index (κ2) is 9.80. The molecule has 6 nitrogen and oxygen atoms in total. The van der Waals surface area contributed by atoms with Gasteiger partial charge in [-0.15, -0.1) is 6.58 Å². The van der Waals surface area contributed by atoms with E-state index in [1.807, 2.05) is 0 Å². The summed E-state index contributed by atoms with van der Waals surface area (Å²) in [6.45, 7) is 5.21. The zero-order chi connectivity index (χ0) is 19.9. The van der Waals surface area contributed by atoms with E-state index in [1.165, 1.54) is 23.8 Å². The Morgan fingerprint density at radius 1 is 1.36 bits per heavy atom. The topological polar surface area (TPSA) is 76.1 Å². The van der Waals surface area contributed by atoms with Gasteiger partial charge in [0.05, 0.1) is 17.0 Å². The molecule has 28 heavy (non-hydrogen) atoms. The minimum absolute atomic E-state index is 0.172. The van der Waals surface area contributed by atoms with Gasteiger partial charge in [0.25, 0.3) is 11.5 Å². The van der Waals surface area contributed by atoms with E-state index in [9.17, 15) is 9.59 Å². The number of carbonyl (C=O) groups excluding carboxylic acids is 1. The van der Waals surface area contributed by atoms with Crippen molar-refractivity contribution in [3.63, 3.8) is 0 Å². The van der Waals surface area contributed by atoms with E-state index < -0.39 is 0 Å². The first kappa shape index (κ1) is 20.5. The highest BCUT2D eigenvalue weighted by molar-refractivity contribution is 7.71. The number of nitrogens with one attached hydrogen (secondary N) is 2. The second-order valence-corrected chi connectivity index (χ2v) is 7.52. The molecule has 1 aliphatic carbocycles. The Morgan fingerprint density at radius 3 is 2.89 bits per heavy atom. The Bertz CT molecular complexity index is 958. The Kier molecular flexibility index (Phi) is 7.17. The lowest BCUT2D eigenvalue weighted by Gasteiger charge is -2.21. The van der Waals surface area contributed by atoms with Gasteiger partial charge in [-0.05, 0) is 49.7 Å². The van der Waals surface area contributed by atoms with Gasteiger partial charge < -0.3 is 15.0 Å². The van der Waals surface area contributed by atoms with Gasteiger partial charge in [-0.2, -0.15) is 0 Å². The molecule has 2 aromatic rings. The van der Waals surface area contributed by atoms with E-state index >= 15 is 0 Å². The lowest BCUT2D eigenvalue weighted by molar-refractivity contribution is 0.0273. The molecule has 0 spiro atoms. The van der Waals surface area contributed by atoms with E-state index in [0.717, 1.165) is 19.3 Å². The summed E-state index contributed by atoms with van der Waals surface area (Å²) < 4.78 is 7.63. The highest BCUT2D eigenvalue weighted by Crippen LogP contribution is 2.20. The van der Waals surface area contributed by atoms with Gasteiger partial charge in [0, 0.05) is 25.3 Å². The standard InChI is InChI=1S/C21H27N3O3S/c1-2-12-24-20(26)17-10-9-15(14-18(17)23-21(24)28)19(25)22-11-6-13-27-16-7-4-3-5-8-16/h2,9-10,14,16H,1,3-8,11-13H2,(H,22,25)(H,23,28). The van der Waals surface area contributed by atoms with Crippen LogP contribution in [0, 0.1) is 4.77 Å². The third-order valence-electron chi connectivity index (χ3n) is 5.07. The van der Waals surface area contributed by atoms with Crippen LogP contribution in [0.3, 0.4) is 0 Å². The summed E-state index contributed by atoms with van der Waals surface area (Å²) in [5.41, 5.74) is 0.862. The quantitative estimate of drug-likeness (QED) is 0.402. The molecule has 7 heteroatoms. The smallest absolute Gasteiger partial charge is 0.262 e. The molecule has 0 aliphatic heterocycles. The van der Waals surface area contributed by atoms with Crippen molar-refractivity contribution >= 4 is 29.0 Å². The van der Waals surface area contributed by atoms with Crippen molar-refractivity contribution in [1.82, 2.24) is 14.9 Å². The predicted octanol–water partition coefficient (Wildman–Crippen LogP) is 3.71. The Balaban J connectivity index is 1.57. The van der Waals surface area contributed by atoms with Crippen molar-refractivity contribution in [1.29, 1.82) is 0 Å². The number of aromatic amines is 1. The first-order valence-electron chi connectivity index (χ1n) is 9.87. The second-order valence-electron chi connectivity index (χ2n) is 7.14. The normalized spacial score (nSPS) is 14.9. The summed E-state index contributed by atoms with van der Waals surface area (Å²) in [4.78, 5) is 27.9. The van der Waals surface area contributed by atoms with E-state index in [1.54, 1.807) is 24.3 Å². The summed E-state index contributed by atoms with van der Waals surface area (Å²) in [6, 6.07) is 4.98. The summed E-state index contributed by atoms with van der Waals surface area (Å²) in [7, 11) is 0. The van der Waals surface area contributed by atoms with Gasteiger partial charge in [0.15, 0.2) is 4.77 Å². The average Bonchev–Trinajstić information content (AvgIpc) is 2.71. The molecule has 0 atom stereocenters. The predicted molar refractivity (Wildman–Crippen MR) is 113 cm³/mol. The van der Waals surface area contributed by atoms with Crippen LogP contribution in [0.25, 0.3) is 10.9 Å². The maximum atomic E-state index is 12.5. The zero-order valence-corrected chi connectivity index (χ0v) is 16.9. The van der Waals surface area contributed by atoms with Crippen molar-refractivity contribution in [2.75, 3.05) is 13.2 Å². The molecular formula is C21H27N3O3S. The fourth-order valence-corrected chi connectivity index (χ4v) is 3.82. The monoisotopic (exact) mass is 401 g/mol. The molecule has 0 unspecified atom stereocenters. The first-order valence-corrected chi connectivity index (χ1v) is 10.3. The molecule has 2 N–H and O–H groups in total. The van der Waals surface area contributed by atoms with E-state index in [4.69, 9.17) is 17.0 Å². The van der Waals surface area contributed by atoms with Crippen LogP contribution in [-0.4, -0.2) is 34.7 Å². The minimum atomic E-state index is -0.189. The van der Waals surface area contributed by atoms with E-state index in [-0.39, 0.29) is 11.5 Å². The number of allylic oxidation sites excluding steroid dienone is 1. The number of fused-ring (bicyclic) bond motifs is 1. The van der Waals surface area contributed by atoms with Gasteiger partial charge >= 0.3 is 0 Å². The van der Waals surface area contributed by atoms with Crippen molar-refractivity contribution < 1.29 is 9.53 Å². The molecule has 1 fully saturated rings. The number of amides is 1. The Hall–Kier alpha value is -2.25. The molecule has 3 rings (SSSR count). The molecule has 1 heterocycles. The third kappa shape index (κ3) is 4.97. The van der Waals surface area contributed by atoms with Gasteiger partial charge in [-0.25, -0.2) is 0 Å². The number of H-pyrrole nitrogens is 1. The SMILES string of the molecule is C=CCn1c(=S)[nH]c2cc(C(=O)NCCCOC3CCCCC3)ccc2c1=O. The number of nitrogens with zero attached hydrogens (tertiary/aromatic N) is 1. The molecule has 1 amide bonds. The molecule has 1 aromatic carbocycles. The van der Waals surface area contributed by atoms with Gasteiger partial charge in [-0.1, -0.05) is 25.3 Å². The highest BCUT2D eigenvalue weighted by Gasteiger charge is 2.13. The lowest BCUT2D eigenvalue weighted by Crippen LogP contribution is -2.26. The highest BCUT2D eigenvalue weighted by atomic mass is 32.1. The molecule has 1 aromatic heterocycles. The Labute approximate surface area is 169 Å². The van der Waals surface area contributed by atoms with Crippen LogP contribution in [-0.2, 0) is 11.3 Å². The van der Waals surface area contributed by atoms with Crippen molar-refractivity contribution in [2.45, 2.75) is 51.2 Å². The number of carbonyl (C=O) groups is 1. The van der Waals surface area contributed by atoms with Crippen LogP contribution in [0.5, 0.6) is 0 Å². The van der Waals surface area contributed by atoms with Crippen LogP contribution in [0.15, 0.2) is 35.6 Å². The number of benzene rings is 1. The largest absolute Gasteiger partial charge is 0.378 e. The molecular weight excluding hydrogens is 374 g/mol. The minimum Gasteiger partial charge on any atom is -0.378 e. The molecule has 0 saturated heterocycles. The maximum Gasteiger partial charge on any atom is 0.262 e. The van der Waals surface area contributed by atoms with Crippen LogP contribution >= 0.6 is 12.2 Å². The average molecular weight is 402 g/mol. The van der Waals surface area contributed by atoms with Crippen LogP contribution in [0.2, 0.25) is 0 Å². The van der Waals surface area contributed by atoms with Crippen molar-refractivity contribution in [3.8, 4) is 0 Å². The number of hydrogen-bond donors (Lipinski definition) is 2. The zero-order valence-electron chi connectivity index (χ0n) is 16.0. The molecule has 0 bridgehead atoms. The van der Waals surface area contributed by atoms with Gasteiger partial charge in [-0.3, -0.25) is 14.2 Å². The summed E-state index contributed by atoms with van der Waals surface area (Å²) in [5, 5.41) is 3.40. The number of ether oxygens (including phenoxy) is 1. The molecule has 1 aliphatic rings. The van der Waals surface area contributed by atoms with Gasteiger partial charge in [0.1, 0.15) is 0 Å².